The summed E-state index contributed by atoms with van der Waals surface area (Å²) >= 11 is 1.30. The highest BCUT2D eigenvalue weighted by atomic mass is 32.2. The lowest BCUT2D eigenvalue weighted by Crippen LogP contribution is -2.38. The summed E-state index contributed by atoms with van der Waals surface area (Å²) in [5, 5.41) is 3.04. The topological polar surface area (TPSA) is 92.8 Å². The highest BCUT2D eigenvalue weighted by Gasteiger charge is 2.31. The van der Waals surface area contributed by atoms with E-state index in [0.29, 0.717) is 10.6 Å². The Bertz CT molecular complexity index is 1330. The normalized spacial score (nSPS) is 12.8. The zero-order chi connectivity index (χ0) is 24.5. The molecule has 0 bridgehead atoms. The van der Waals surface area contributed by atoms with Crippen molar-refractivity contribution in [2.45, 2.75) is 31.1 Å². The summed E-state index contributed by atoms with van der Waals surface area (Å²) in [5.41, 5.74) is 2.21. The first kappa shape index (κ1) is 23.9. The Morgan fingerprint density at radius 2 is 1.76 bits per heavy atom. The number of amides is 1. The Morgan fingerprint density at radius 1 is 1.09 bits per heavy atom. The number of thiophene rings is 1. The van der Waals surface area contributed by atoms with Gasteiger partial charge >= 0.3 is 5.97 Å². The molecule has 34 heavy (non-hydrogen) atoms. The number of ether oxygens (including phenoxy) is 1. The largest absolute Gasteiger partial charge is 0.465 e. The van der Waals surface area contributed by atoms with E-state index in [4.69, 9.17) is 4.74 Å². The van der Waals surface area contributed by atoms with E-state index in [9.17, 15) is 22.4 Å². The van der Waals surface area contributed by atoms with Gasteiger partial charge in [-0.1, -0.05) is 17.7 Å². The molecule has 1 aliphatic carbocycles. The first-order valence-electron chi connectivity index (χ1n) is 10.6. The molecule has 0 saturated carbocycles. The van der Waals surface area contributed by atoms with Gasteiger partial charge in [0.25, 0.3) is 10.0 Å². The van der Waals surface area contributed by atoms with Gasteiger partial charge in [-0.3, -0.25) is 9.10 Å². The van der Waals surface area contributed by atoms with Crippen LogP contribution in [0.4, 0.5) is 15.1 Å². The Morgan fingerprint density at radius 3 is 2.41 bits per heavy atom. The molecule has 1 aromatic heterocycles. The van der Waals surface area contributed by atoms with Crippen molar-refractivity contribution in [3.63, 3.8) is 0 Å². The summed E-state index contributed by atoms with van der Waals surface area (Å²) in [6.45, 7) is 1.27. The number of methoxy groups -OCH3 is 1. The summed E-state index contributed by atoms with van der Waals surface area (Å²) in [4.78, 5) is 26.4. The number of hydrogen-bond acceptors (Lipinski definition) is 6. The number of carbonyl (C=O) groups is 2. The Kier molecular flexibility index (Phi) is 6.72. The maximum absolute atomic E-state index is 13.5. The third-order valence-electron chi connectivity index (χ3n) is 5.57. The van der Waals surface area contributed by atoms with Gasteiger partial charge in [0.1, 0.15) is 17.4 Å². The molecule has 0 radical (unpaired) electrons. The Balaban J connectivity index is 1.66. The number of hydrogen-bond donors (Lipinski definition) is 1. The molecule has 0 spiro atoms. The minimum atomic E-state index is -4.14. The van der Waals surface area contributed by atoms with E-state index in [0.717, 1.165) is 51.7 Å². The van der Waals surface area contributed by atoms with Crippen LogP contribution in [0.2, 0.25) is 0 Å². The molecule has 1 amide bonds. The van der Waals surface area contributed by atoms with Gasteiger partial charge in [0.2, 0.25) is 5.91 Å². The fourth-order valence-corrected chi connectivity index (χ4v) is 6.58. The first-order valence-corrected chi connectivity index (χ1v) is 12.8. The summed E-state index contributed by atoms with van der Waals surface area (Å²) in [7, 11) is -2.86. The van der Waals surface area contributed by atoms with Crippen LogP contribution in [-0.4, -0.2) is 33.9 Å². The van der Waals surface area contributed by atoms with Crippen LogP contribution >= 0.6 is 11.3 Å². The second kappa shape index (κ2) is 9.55. The van der Waals surface area contributed by atoms with Crippen molar-refractivity contribution in [3.8, 4) is 0 Å². The van der Waals surface area contributed by atoms with Crippen LogP contribution < -0.4 is 9.62 Å². The van der Waals surface area contributed by atoms with Crippen LogP contribution in [0.25, 0.3) is 0 Å². The second-order valence-electron chi connectivity index (χ2n) is 7.90. The van der Waals surface area contributed by atoms with Crippen molar-refractivity contribution >= 4 is 43.9 Å². The van der Waals surface area contributed by atoms with Crippen molar-refractivity contribution in [2.24, 2.45) is 0 Å². The SMILES string of the molecule is COC(=O)c1c(NC(=O)CN(c2ccc(F)cc2)S(=O)(=O)c2ccc(C)cc2)sc2c1CCC2. The third-order valence-corrected chi connectivity index (χ3v) is 8.57. The van der Waals surface area contributed by atoms with Gasteiger partial charge in [0, 0.05) is 4.88 Å². The highest BCUT2D eigenvalue weighted by molar-refractivity contribution is 7.92. The molecular weight excluding hydrogens is 479 g/mol. The highest BCUT2D eigenvalue weighted by Crippen LogP contribution is 2.39. The van der Waals surface area contributed by atoms with Gasteiger partial charge in [-0.15, -0.1) is 11.3 Å². The summed E-state index contributed by atoms with van der Waals surface area (Å²) in [6.07, 6.45) is 2.45. The summed E-state index contributed by atoms with van der Waals surface area (Å²) in [5.74, 6) is -1.71. The zero-order valence-corrected chi connectivity index (χ0v) is 20.3. The minimum absolute atomic E-state index is 0.000532. The van der Waals surface area contributed by atoms with Crippen molar-refractivity contribution in [1.82, 2.24) is 0 Å². The van der Waals surface area contributed by atoms with Crippen molar-refractivity contribution in [3.05, 3.63) is 75.9 Å². The van der Waals surface area contributed by atoms with Crippen LogP contribution in [0.5, 0.6) is 0 Å². The van der Waals surface area contributed by atoms with Gasteiger partial charge < -0.3 is 10.1 Å². The molecule has 2 aromatic carbocycles. The second-order valence-corrected chi connectivity index (χ2v) is 10.9. The molecule has 1 heterocycles. The van der Waals surface area contributed by atoms with Crippen LogP contribution in [0.1, 0.15) is 32.8 Å². The molecular formula is C24H23FN2O5S2. The standard InChI is InChI=1S/C24H23FN2O5S2/c1-15-6-12-18(13-7-15)34(30,31)27(17-10-8-16(25)9-11-17)14-21(28)26-23-22(24(29)32-2)19-4-3-5-20(19)33-23/h6-13H,3-5,14H2,1-2H3,(H,26,28). The van der Waals surface area contributed by atoms with E-state index in [1.54, 1.807) is 12.1 Å². The predicted octanol–water partition coefficient (Wildman–Crippen LogP) is 4.30. The van der Waals surface area contributed by atoms with Gasteiger partial charge in [0.05, 0.1) is 23.3 Å². The van der Waals surface area contributed by atoms with Gasteiger partial charge in [0.15, 0.2) is 0 Å². The van der Waals surface area contributed by atoms with Crippen LogP contribution in [0.15, 0.2) is 53.4 Å². The summed E-state index contributed by atoms with van der Waals surface area (Å²) in [6, 6.07) is 11.1. The van der Waals surface area contributed by atoms with Crippen LogP contribution in [0, 0.1) is 12.7 Å². The lowest BCUT2D eigenvalue weighted by molar-refractivity contribution is -0.114. The smallest absolute Gasteiger partial charge is 0.341 e. The van der Waals surface area contributed by atoms with Gasteiger partial charge in [-0.05, 0) is 68.1 Å². The van der Waals surface area contributed by atoms with E-state index in [1.165, 1.54) is 42.7 Å². The monoisotopic (exact) mass is 502 g/mol. The van der Waals surface area contributed by atoms with Crippen LogP contribution in [-0.2, 0) is 32.4 Å². The van der Waals surface area contributed by atoms with Gasteiger partial charge in [-0.25, -0.2) is 17.6 Å². The lowest BCUT2D eigenvalue weighted by atomic mass is 10.1. The number of sulfonamides is 1. The number of fused-ring (bicyclic) bond motifs is 1. The summed E-state index contributed by atoms with van der Waals surface area (Å²) < 4.78 is 46.2. The van der Waals surface area contributed by atoms with E-state index in [2.05, 4.69) is 5.32 Å². The van der Waals surface area contributed by atoms with Gasteiger partial charge in [-0.2, -0.15) is 0 Å². The number of rotatable bonds is 7. The fourth-order valence-electron chi connectivity index (χ4n) is 3.87. The number of anilines is 2. The molecule has 3 aromatic rings. The number of halogens is 1. The Labute approximate surface area is 201 Å². The number of aryl methyl sites for hydroxylation is 2. The number of carbonyl (C=O) groups excluding carboxylic acids is 2. The molecule has 0 unspecified atom stereocenters. The maximum atomic E-state index is 13.5. The van der Waals surface area contributed by atoms with Crippen molar-refractivity contribution in [1.29, 1.82) is 0 Å². The number of nitrogens with one attached hydrogen (secondary N) is 1. The molecule has 1 N–H and O–H groups in total. The number of nitrogens with zero attached hydrogens (tertiary/aromatic N) is 1. The molecule has 10 heteroatoms. The molecule has 178 valence electrons. The third kappa shape index (κ3) is 4.69. The van der Waals surface area contributed by atoms with E-state index < -0.39 is 34.3 Å². The lowest BCUT2D eigenvalue weighted by Gasteiger charge is -2.24. The molecule has 7 nitrogen and oxygen atoms in total. The fraction of sp³-hybridized carbons (Fsp3) is 0.250. The molecule has 0 saturated heterocycles. The zero-order valence-electron chi connectivity index (χ0n) is 18.6. The van der Waals surface area contributed by atoms with Crippen molar-refractivity contribution in [2.75, 3.05) is 23.3 Å². The predicted molar refractivity (Wildman–Crippen MR) is 128 cm³/mol. The maximum Gasteiger partial charge on any atom is 0.341 e. The number of esters is 1. The quantitative estimate of drug-likeness (QED) is 0.486. The Hall–Kier alpha value is -3.24. The minimum Gasteiger partial charge on any atom is -0.465 e. The average molecular weight is 503 g/mol. The van der Waals surface area contributed by atoms with Crippen LogP contribution in [0.3, 0.4) is 0 Å². The number of benzene rings is 2. The van der Waals surface area contributed by atoms with E-state index in [-0.39, 0.29) is 10.6 Å². The van der Waals surface area contributed by atoms with Crippen molar-refractivity contribution < 1.29 is 27.1 Å². The molecule has 1 aliphatic rings. The molecule has 4 rings (SSSR count). The molecule has 0 fully saturated rings. The molecule has 0 aliphatic heterocycles. The van der Waals surface area contributed by atoms with E-state index >= 15 is 0 Å². The average Bonchev–Trinajstić information content (AvgIpc) is 3.39. The van der Waals surface area contributed by atoms with E-state index in [1.807, 2.05) is 6.92 Å². The first-order chi connectivity index (χ1) is 16.2. The molecule has 0 atom stereocenters.